The molecule has 1 saturated heterocycles. The lowest BCUT2D eigenvalue weighted by Crippen LogP contribution is -2.32. The molecule has 1 aliphatic heterocycles. The number of nitrogens with one attached hydrogen (secondary N) is 1. The lowest BCUT2D eigenvalue weighted by Gasteiger charge is -2.12. The molecule has 1 N–H and O–H groups in total. The van der Waals surface area contributed by atoms with E-state index in [9.17, 15) is 4.79 Å². The largest absolute Gasteiger partial charge is 0.375 e. The summed E-state index contributed by atoms with van der Waals surface area (Å²) in [6.45, 7) is 2.57. The lowest BCUT2D eigenvalue weighted by molar-refractivity contribution is -0.134. The Morgan fingerprint density at radius 3 is 3.10 bits per heavy atom. The van der Waals surface area contributed by atoms with Crippen LogP contribution >= 0.6 is 0 Å². The molecule has 4 heteroatoms. The number of hydrogen-bond acceptors (Lipinski definition) is 3. The zero-order valence-corrected chi connectivity index (χ0v) is 6.09. The minimum absolute atomic E-state index is 0.0625. The molecule has 58 valence electrons. The SMILES string of the molecule is COCC(=O)N1CCNC1. The van der Waals surface area contributed by atoms with Crippen molar-refractivity contribution in [3.8, 4) is 0 Å². The van der Waals surface area contributed by atoms with Gasteiger partial charge in [-0.2, -0.15) is 0 Å². The Morgan fingerprint density at radius 1 is 1.80 bits per heavy atom. The molecule has 0 unspecified atom stereocenters. The molecular weight excluding hydrogens is 132 g/mol. The highest BCUT2D eigenvalue weighted by Crippen LogP contribution is 1.92. The first kappa shape index (κ1) is 7.50. The number of ether oxygens (including phenoxy) is 1. The van der Waals surface area contributed by atoms with Crippen molar-refractivity contribution >= 4 is 5.91 Å². The molecule has 1 heterocycles. The van der Waals surface area contributed by atoms with E-state index in [4.69, 9.17) is 4.74 Å². The van der Waals surface area contributed by atoms with E-state index in [1.54, 1.807) is 4.90 Å². The molecule has 0 aromatic rings. The van der Waals surface area contributed by atoms with Crippen LogP contribution in [-0.2, 0) is 9.53 Å². The van der Waals surface area contributed by atoms with Gasteiger partial charge in [0.1, 0.15) is 6.61 Å². The first-order valence-corrected chi connectivity index (χ1v) is 3.32. The van der Waals surface area contributed by atoms with Crippen molar-refractivity contribution in [1.82, 2.24) is 10.2 Å². The van der Waals surface area contributed by atoms with E-state index in [0.717, 1.165) is 13.1 Å². The normalized spacial score (nSPS) is 17.9. The molecule has 4 nitrogen and oxygen atoms in total. The minimum Gasteiger partial charge on any atom is -0.375 e. The zero-order chi connectivity index (χ0) is 7.40. The van der Waals surface area contributed by atoms with Gasteiger partial charge in [-0.25, -0.2) is 0 Å². The first-order chi connectivity index (χ1) is 4.84. The predicted molar refractivity (Wildman–Crippen MR) is 36.5 cm³/mol. The maximum absolute atomic E-state index is 11.0. The fraction of sp³-hybridized carbons (Fsp3) is 0.833. The summed E-state index contributed by atoms with van der Waals surface area (Å²) in [6, 6.07) is 0. The van der Waals surface area contributed by atoms with Crippen molar-refractivity contribution in [3.63, 3.8) is 0 Å². The minimum atomic E-state index is 0.0625. The van der Waals surface area contributed by atoms with Crippen molar-refractivity contribution in [3.05, 3.63) is 0 Å². The Hall–Kier alpha value is -0.610. The summed E-state index contributed by atoms with van der Waals surface area (Å²) < 4.78 is 4.70. The monoisotopic (exact) mass is 144 g/mol. The van der Waals surface area contributed by atoms with Gasteiger partial charge in [0.25, 0.3) is 0 Å². The lowest BCUT2D eigenvalue weighted by atomic mass is 10.5. The van der Waals surface area contributed by atoms with E-state index in [-0.39, 0.29) is 12.5 Å². The van der Waals surface area contributed by atoms with Crippen LogP contribution in [0.3, 0.4) is 0 Å². The van der Waals surface area contributed by atoms with Crippen LogP contribution in [0.5, 0.6) is 0 Å². The highest BCUT2D eigenvalue weighted by Gasteiger charge is 2.15. The Balaban J connectivity index is 2.25. The molecule has 0 atom stereocenters. The third kappa shape index (κ3) is 1.68. The molecule has 0 aliphatic carbocycles. The van der Waals surface area contributed by atoms with Gasteiger partial charge in [0.2, 0.25) is 5.91 Å². The summed E-state index contributed by atoms with van der Waals surface area (Å²) in [5, 5.41) is 3.06. The Labute approximate surface area is 60.1 Å². The molecule has 1 rings (SSSR count). The standard InChI is InChI=1S/C6H12N2O2/c1-10-4-6(9)8-3-2-7-5-8/h7H,2-5H2,1H3. The third-order valence-corrected chi connectivity index (χ3v) is 1.48. The average Bonchev–Trinajstić information content (AvgIpc) is 2.38. The number of carbonyl (C=O) groups excluding carboxylic acids is 1. The van der Waals surface area contributed by atoms with Crippen molar-refractivity contribution in [2.24, 2.45) is 0 Å². The molecule has 0 aromatic heterocycles. The van der Waals surface area contributed by atoms with Crippen LogP contribution in [0.4, 0.5) is 0 Å². The van der Waals surface area contributed by atoms with Gasteiger partial charge in [0.05, 0.1) is 6.67 Å². The van der Waals surface area contributed by atoms with Gasteiger partial charge in [-0.3, -0.25) is 10.1 Å². The van der Waals surface area contributed by atoms with Gasteiger partial charge in [-0.05, 0) is 0 Å². The molecule has 1 amide bonds. The van der Waals surface area contributed by atoms with Crippen molar-refractivity contribution < 1.29 is 9.53 Å². The molecular formula is C6H12N2O2. The van der Waals surface area contributed by atoms with E-state index in [1.807, 2.05) is 0 Å². The molecule has 0 bridgehead atoms. The number of methoxy groups -OCH3 is 1. The van der Waals surface area contributed by atoms with Gasteiger partial charge in [-0.15, -0.1) is 0 Å². The zero-order valence-electron chi connectivity index (χ0n) is 6.09. The second kappa shape index (κ2) is 3.53. The number of hydrogen-bond donors (Lipinski definition) is 1. The smallest absolute Gasteiger partial charge is 0.249 e. The molecule has 0 radical (unpaired) electrons. The van der Waals surface area contributed by atoms with E-state index in [0.29, 0.717) is 6.67 Å². The Morgan fingerprint density at radius 2 is 2.60 bits per heavy atom. The van der Waals surface area contributed by atoms with Gasteiger partial charge in [-0.1, -0.05) is 0 Å². The Kier molecular flexibility index (Phi) is 2.65. The maximum Gasteiger partial charge on any atom is 0.249 e. The van der Waals surface area contributed by atoms with Gasteiger partial charge in [0.15, 0.2) is 0 Å². The highest BCUT2D eigenvalue weighted by atomic mass is 16.5. The summed E-state index contributed by atoms with van der Waals surface area (Å²) >= 11 is 0. The van der Waals surface area contributed by atoms with E-state index in [1.165, 1.54) is 7.11 Å². The van der Waals surface area contributed by atoms with Crippen LogP contribution in [-0.4, -0.2) is 44.3 Å². The number of carbonyl (C=O) groups is 1. The number of amides is 1. The van der Waals surface area contributed by atoms with Crippen LogP contribution in [0.25, 0.3) is 0 Å². The molecule has 10 heavy (non-hydrogen) atoms. The van der Waals surface area contributed by atoms with E-state index in [2.05, 4.69) is 5.32 Å². The summed E-state index contributed by atoms with van der Waals surface area (Å²) in [4.78, 5) is 12.7. The fourth-order valence-corrected chi connectivity index (χ4v) is 0.935. The highest BCUT2D eigenvalue weighted by molar-refractivity contribution is 5.77. The van der Waals surface area contributed by atoms with E-state index >= 15 is 0 Å². The van der Waals surface area contributed by atoms with Gasteiger partial charge < -0.3 is 9.64 Å². The van der Waals surface area contributed by atoms with Crippen LogP contribution in [0.15, 0.2) is 0 Å². The molecule has 0 saturated carbocycles. The summed E-state index contributed by atoms with van der Waals surface area (Å²) in [5.74, 6) is 0.0625. The first-order valence-electron chi connectivity index (χ1n) is 3.32. The van der Waals surface area contributed by atoms with Crippen LogP contribution in [0.2, 0.25) is 0 Å². The maximum atomic E-state index is 11.0. The second-order valence-corrected chi connectivity index (χ2v) is 2.25. The molecule has 1 aliphatic rings. The van der Waals surface area contributed by atoms with Crippen molar-refractivity contribution in [1.29, 1.82) is 0 Å². The summed E-state index contributed by atoms with van der Waals surface area (Å²) in [7, 11) is 1.53. The fourth-order valence-electron chi connectivity index (χ4n) is 0.935. The summed E-state index contributed by atoms with van der Waals surface area (Å²) in [6.07, 6.45) is 0. The second-order valence-electron chi connectivity index (χ2n) is 2.25. The molecule has 1 fully saturated rings. The van der Waals surface area contributed by atoms with E-state index < -0.39 is 0 Å². The van der Waals surface area contributed by atoms with Crippen molar-refractivity contribution in [2.75, 3.05) is 33.5 Å². The van der Waals surface area contributed by atoms with Crippen LogP contribution in [0, 0.1) is 0 Å². The predicted octanol–water partition coefficient (Wildman–Crippen LogP) is -0.978. The molecule has 0 spiro atoms. The molecule has 0 aromatic carbocycles. The summed E-state index contributed by atoms with van der Waals surface area (Å²) in [5.41, 5.74) is 0. The van der Waals surface area contributed by atoms with Crippen molar-refractivity contribution in [2.45, 2.75) is 0 Å². The topological polar surface area (TPSA) is 41.6 Å². The third-order valence-electron chi connectivity index (χ3n) is 1.48. The quantitative estimate of drug-likeness (QED) is 0.541. The van der Waals surface area contributed by atoms with Crippen LogP contribution in [0.1, 0.15) is 0 Å². The van der Waals surface area contributed by atoms with Gasteiger partial charge >= 0.3 is 0 Å². The number of rotatable bonds is 2. The average molecular weight is 144 g/mol. The Bertz CT molecular complexity index is 121. The van der Waals surface area contributed by atoms with Gasteiger partial charge in [0, 0.05) is 20.2 Å². The van der Waals surface area contributed by atoms with Crippen LogP contribution < -0.4 is 5.32 Å². The number of nitrogens with zero attached hydrogens (tertiary/aromatic N) is 1.